The van der Waals surface area contributed by atoms with Crippen molar-refractivity contribution in [2.24, 2.45) is 4.99 Å². The number of fused-ring (bicyclic) bond motifs is 2. The van der Waals surface area contributed by atoms with Crippen LogP contribution in [-0.2, 0) is 0 Å². The molecule has 1 aliphatic rings. The first-order valence-electron chi connectivity index (χ1n) is 6.86. The second-order valence-electron chi connectivity index (χ2n) is 5.62. The molecule has 1 N–H and O–H groups in total. The Balaban J connectivity index is 2.30. The number of benzene rings is 2. The van der Waals surface area contributed by atoms with Gasteiger partial charge in [-0.05, 0) is 34.9 Å². The summed E-state index contributed by atoms with van der Waals surface area (Å²) in [5.41, 5.74) is 2.59. The van der Waals surface area contributed by atoms with Gasteiger partial charge in [-0.1, -0.05) is 9.70 Å². The molecule has 0 spiro atoms. The van der Waals surface area contributed by atoms with Gasteiger partial charge in [-0.15, -0.1) is 0 Å². The van der Waals surface area contributed by atoms with Crippen molar-refractivity contribution >= 4 is 37.4 Å². The van der Waals surface area contributed by atoms with E-state index in [0.717, 1.165) is 31.8 Å². The highest BCUT2D eigenvalue weighted by atomic mass is 35.7. The molecule has 1 aliphatic heterocycles. The van der Waals surface area contributed by atoms with E-state index < -0.39 is 9.70 Å². The van der Waals surface area contributed by atoms with E-state index in [-0.39, 0.29) is 5.75 Å². The summed E-state index contributed by atoms with van der Waals surface area (Å²) in [5, 5.41) is 11.0. The molecule has 0 fully saturated rings. The van der Waals surface area contributed by atoms with Crippen molar-refractivity contribution in [3.8, 4) is 5.75 Å². The summed E-state index contributed by atoms with van der Waals surface area (Å²) in [6.45, 7) is 0. The van der Waals surface area contributed by atoms with Gasteiger partial charge >= 0.3 is 0 Å². The molecule has 0 saturated heterocycles. The van der Waals surface area contributed by atoms with E-state index in [1.807, 2.05) is 56.2 Å². The zero-order chi connectivity index (χ0) is 16.0. The SMILES string of the molecule is CN(C)c1ccc2c(c1)=S(Cl)c1cc(N(C)C)c(O)cc1N=2. The highest BCUT2D eigenvalue weighted by Gasteiger charge is 2.16. The maximum atomic E-state index is 10.1. The van der Waals surface area contributed by atoms with Crippen molar-refractivity contribution in [1.82, 2.24) is 0 Å². The molecule has 3 rings (SSSR count). The molecule has 22 heavy (non-hydrogen) atoms. The van der Waals surface area contributed by atoms with Gasteiger partial charge in [0.05, 0.1) is 16.7 Å². The van der Waals surface area contributed by atoms with E-state index >= 15 is 0 Å². The van der Waals surface area contributed by atoms with Crippen molar-refractivity contribution < 1.29 is 5.11 Å². The molecule has 2 aromatic carbocycles. The van der Waals surface area contributed by atoms with E-state index in [2.05, 4.69) is 11.1 Å². The molecular formula is C16H18ClN3OS. The summed E-state index contributed by atoms with van der Waals surface area (Å²) < 4.78 is 1.02. The Morgan fingerprint density at radius 1 is 1.05 bits per heavy atom. The van der Waals surface area contributed by atoms with Crippen molar-refractivity contribution in [2.45, 2.75) is 4.90 Å². The van der Waals surface area contributed by atoms with Crippen LogP contribution in [0, 0.1) is 4.51 Å². The number of nitrogens with zero attached hydrogens (tertiary/aromatic N) is 3. The Morgan fingerprint density at radius 2 is 1.77 bits per heavy atom. The lowest BCUT2D eigenvalue weighted by Gasteiger charge is -2.19. The number of anilines is 2. The van der Waals surface area contributed by atoms with Crippen molar-refractivity contribution in [3.63, 3.8) is 0 Å². The van der Waals surface area contributed by atoms with E-state index in [9.17, 15) is 5.11 Å². The first kappa shape index (κ1) is 15.2. The van der Waals surface area contributed by atoms with Crippen LogP contribution in [0.4, 0.5) is 17.1 Å². The predicted octanol–water partition coefficient (Wildman–Crippen LogP) is 3.52. The van der Waals surface area contributed by atoms with Gasteiger partial charge in [0, 0.05) is 49.4 Å². The molecule has 2 aromatic rings. The van der Waals surface area contributed by atoms with Crippen LogP contribution in [0.25, 0.3) is 0 Å². The molecule has 1 unspecified atom stereocenters. The van der Waals surface area contributed by atoms with E-state index in [1.165, 1.54) is 0 Å². The number of hydrogen-bond acceptors (Lipinski definition) is 4. The molecule has 0 amide bonds. The van der Waals surface area contributed by atoms with Gasteiger partial charge in [0.15, 0.2) is 0 Å². The van der Waals surface area contributed by atoms with Crippen molar-refractivity contribution in [3.05, 3.63) is 40.2 Å². The highest BCUT2D eigenvalue weighted by Crippen LogP contribution is 2.46. The lowest BCUT2D eigenvalue weighted by Crippen LogP contribution is -2.13. The third kappa shape index (κ3) is 2.44. The molecule has 0 radical (unpaired) electrons. The average Bonchev–Trinajstić information content (AvgIpc) is 2.46. The fraction of sp³-hybridized carbons (Fsp3) is 0.250. The van der Waals surface area contributed by atoms with Gasteiger partial charge < -0.3 is 14.9 Å². The third-order valence-electron chi connectivity index (χ3n) is 3.62. The Bertz CT molecular complexity index is 878. The fourth-order valence-corrected chi connectivity index (χ4v) is 4.40. The van der Waals surface area contributed by atoms with Gasteiger partial charge in [0.25, 0.3) is 0 Å². The smallest absolute Gasteiger partial charge is 0.141 e. The Hall–Kier alpha value is -1.72. The molecule has 1 heterocycles. The molecule has 0 aliphatic carbocycles. The molecule has 4 nitrogen and oxygen atoms in total. The molecular weight excluding hydrogens is 318 g/mol. The molecule has 0 bridgehead atoms. The zero-order valence-electron chi connectivity index (χ0n) is 13.0. The minimum absolute atomic E-state index is 0.217. The third-order valence-corrected chi connectivity index (χ3v) is 6.05. The van der Waals surface area contributed by atoms with Gasteiger partial charge in [0.2, 0.25) is 0 Å². The first-order valence-corrected chi connectivity index (χ1v) is 8.91. The van der Waals surface area contributed by atoms with Gasteiger partial charge in [-0.25, -0.2) is 4.99 Å². The number of aromatic hydroxyl groups is 1. The monoisotopic (exact) mass is 335 g/mol. The number of phenols is 1. The van der Waals surface area contributed by atoms with Crippen molar-refractivity contribution in [1.29, 1.82) is 0 Å². The largest absolute Gasteiger partial charge is 0.506 e. The van der Waals surface area contributed by atoms with Gasteiger partial charge in [-0.2, -0.15) is 0 Å². The quantitative estimate of drug-likeness (QED) is 0.853. The summed E-state index contributed by atoms with van der Waals surface area (Å²) >= 11 is 0. The van der Waals surface area contributed by atoms with Crippen LogP contribution in [0.5, 0.6) is 5.75 Å². The summed E-state index contributed by atoms with van der Waals surface area (Å²) in [6, 6.07) is 9.70. The summed E-state index contributed by atoms with van der Waals surface area (Å²) in [5.74, 6) is 0.217. The highest BCUT2D eigenvalue weighted by molar-refractivity contribution is 8.29. The molecule has 0 saturated carbocycles. The lowest BCUT2D eigenvalue weighted by atomic mass is 10.2. The first-order chi connectivity index (χ1) is 10.4. The van der Waals surface area contributed by atoms with Crippen LogP contribution in [-0.4, -0.2) is 33.3 Å². The zero-order valence-corrected chi connectivity index (χ0v) is 14.5. The second kappa shape index (κ2) is 5.48. The summed E-state index contributed by atoms with van der Waals surface area (Å²) in [6.07, 6.45) is 0. The maximum Gasteiger partial charge on any atom is 0.141 e. The minimum atomic E-state index is -0.588. The van der Waals surface area contributed by atoms with Gasteiger partial charge in [-0.3, -0.25) is 0 Å². The minimum Gasteiger partial charge on any atom is -0.506 e. The van der Waals surface area contributed by atoms with Crippen LogP contribution in [0.3, 0.4) is 0 Å². The van der Waals surface area contributed by atoms with Crippen LogP contribution >= 0.6 is 20.4 Å². The summed E-state index contributed by atoms with van der Waals surface area (Å²) in [4.78, 5) is 9.52. The van der Waals surface area contributed by atoms with E-state index in [1.54, 1.807) is 6.07 Å². The van der Waals surface area contributed by atoms with Crippen LogP contribution in [0.2, 0.25) is 0 Å². The predicted molar refractivity (Wildman–Crippen MR) is 94.6 cm³/mol. The molecule has 6 heteroatoms. The Kier molecular flexibility index (Phi) is 3.78. The molecule has 0 aromatic heterocycles. The van der Waals surface area contributed by atoms with E-state index in [4.69, 9.17) is 10.7 Å². The Labute approximate surface area is 136 Å². The second-order valence-corrected chi connectivity index (χ2v) is 7.94. The Morgan fingerprint density at radius 3 is 2.41 bits per heavy atom. The maximum absolute atomic E-state index is 10.1. The van der Waals surface area contributed by atoms with Crippen LogP contribution < -0.4 is 15.2 Å². The number of rotatable bonds is 2. The summed E-state index contributed by atoms with van der Waals surface area (Å²) in [7, 11) is 13.9. The fourth-order valence-electron chi connectivity index (χ4n) is 2.40. The lowest BCUT2D eigenvalue weighted by molar-refractivity contribution is 0.475. The number of phenolic OH excluding ortho intramolecular Hbond substituents is 1. The normalized spacial score (nSPS) is 15.6. The van der Waals surface area contributed by atoms with Crippen LogP contribution in [0.15, 0.2) is 40.2 Å². The number of halogens is 1. The van der Waals surface area contributed by atoms with Crippen LogP contribution in [0.1, 0.15) is 0 Å². The average molecular weight is 336 g/mol. The topological polar surface area (TPSA) is 39.1 Å². The van der Waals surface area contributed by atoms with E-state index in [0.29, 0.717) is 0 Å². The molecule has 116 valence electrons. The standard InChI is InChI=1S/C16H18ClN3OS/c1-19(2)10-5-6-11-15(7-10)22(17)16-9-13(20(3)4)14(21)8-12(16)18-11/h5-9,21H,1-4H3. The van der Waals surface area contributed by atoms with Crippen molar-refractivity contribution in [2.75, 3.05) is 38.0 Å². The molecule has 1 atom stereocenters. The van der Waals surface area contributed by atoms with Gasteiger partial charge in [0.1, 0.15) is 5.75 Å². The number of hydrogen-bond donors (Lipinski definition) is 1.